The molecule has 1 N–H and O–H groups in total. The first kappa shape index (κ1) is 24.5. The molecule has 3 heterocycles. The number of anilines is 1. The van der Waals surface area contributed by atoms with E-state index < -0.39 is 34.6 Å². The molecule has 34 heavy (non-hydrogen) atoms. The van der Waals surface area contributed by atoms with Gasteiger partial charge in [0.05, 0.1) is 17.7 Å². The zero-order valence-electron chi connectivity index (χ0n) is 18.3. The predicted octanol–water partition coefficient (Wildman–Crippen LogP) is 5.56. The number of nitrogens with one attached hydrogen (secondary N) is 1. The molecule has 0 amide bonds. The second-order valence-electron chi connectivity index (χ2n) is 8.14. The second kappa shape index (κ2) is 9.91. The Kier molecular flexibility index (Phi) is 7.13. The zero-order chi connectivity index (χ0) is 24.5. The van der Waals surface area contributed by atoms with Crippen LogP contribution in [-0.2, 0) is 0 Å². The average molecular weight is 504 g/mol. The number of benzene rings is 1. The minimum atomic E-state index is -4.62. The first-order chi connectivity index (χ1) is 16.1. The Morgan fingerprint density at radius 3 is 2.47 bits per heavy atom. The third-order valence-electron chi connectivity index (χ3n) is 5.70. The molecule has 3 aromatic rings. The third-order valence-corrected chi connectivity index (χ3v) is 5.97. The van der Waals surface area contributed by atoms with E-state index in [9.17, 15) is 13.2 Å². The monoisotopic (exact) mass is 503 g/mol. The number of hydrogen-bond acceptors (Lipinski definition) is 5. The fraction of sp³-hybridized carbons (Fsp3) is 0.455. The van der Waals surface area contributed by atoms with Crippen molar-refractivity contribution < 1.29 is 26.7 Å². The van der Waals surface area contributed by atoms with Crippen molar-refractivity contribution in [2.45, 2.75) is 38.4 Å². The standard InChI is InChI=1S/C22H23ClF5N5O/c1-13(22(26,27)28)30-20-18(19(23)31-21-29-5-9-33(20)21)17-15(24)11-14(12-16(17)25)34-10-4-8-32-6-2-3-7-32/h5,9,11-13,30H,2-4,6-8,10H2,1H3/t13-/m1/s1. The Labute approximate surface area is 197 Å². The lowest BCUT2D eigenvalue weighted by molar-refractivity contribution is -0.138. The van der Waals surface area contributed by atoms with Crippen LogP contribution in [0.1, 0.15) is 26.2 Å². The lowest BCUT2D eigenvalue weighted by atomic mass is 10.1. The number of nitrogens with zero attached hydrogens (tertiary/aromatic N) is 4. The molecule has 1 aliphatic heterocycles. The summed E-state index contributed by atoms with van der Waals surface area (Å²) >= 11 is 6.19. The normalized spacial score (nSPS) is 15.7. The van der Waals surface area contributed by atoms with E-state index in [0.29, 0.717) is 6.42 Å². The van der Waals surface area contributed by atoms with Crippen molar-refractivity contribution in [3.63, 3.8) is 0 Å². The highest BCUT2D eigenvalue weighted by molar-refractivity contribution is 6.33. The van der Waals surface area contributed by atoms with Crippen LogP contribution in [0.5, 0.6) is 5.75 Å². The van der Waals surface area contributed by atoms with E-state index >= 15 is 8.78 Å². The Morgan fingerprint density at radius 1 is 1.15 bits per heavy atom. The van der Waals surface area contributed by atoms with E-state index in [-0.39, 0.29) is 29.5 Å². The summed E-state index contributed by atoms with van der Waals surface area (Å²) < 4.78 is 76.7. The predicted molar refractivity (Wildman–Crippen MR) is 118 cm³/mol. The molecule has 12 heteroatoms. The van der Waals surface area contributed by atoms with Gasteiger partial charge in [0.15, 0.2) is 0 Å². The molecule has 4 rings (SSSR count). The van der Waals surface area contributed by atoms with Gasteiger partial charge in [0.2, 0.25) is 5.78 Å². The molecule has 0 aliphatic carbocycles. The second-order valence-corrected chi connectivity index (χ2v) is 8.50. The fourth-order valence-electron chi connectivity index (χ4n) is 3.92. The van der Waals surface area contributed by atoms with Gasteiger partial charge >= 0.3 is 6.18 Å². The number of ether oxygens (including phenoxy) is 1. The van der Waals surface area contributed by atoms with Crippen LogP contribution < -0.4 is 10.1 Å². The Hall–Kier alpha value is -2.66. The van der Waals surface area contributed by atoms with E-state index in [0.717, 1.165) is 43.1 Å². The molecular weight excluding hydrogens is 481 g/mol. The Balaban J connectivity index is 1.64. The lowest BCUT2D eigenvalue weighted by Gasteiger charge is -2.22. The van der Waals surface area contributed by atoms with Gasteiger partial charge in [-0.1, -0.05) is 11.6 Å². The molecular formula is C22H23ClF5N5O. The summed E-state index contributed by atoms with van der Waals surface area (Å²) in [5.74, 6) is -2.41. The molecule has 2 aromatic heterocycles. The van der Waals surface area contributed by atoms with E-state index in [1.165, 1.54) is 25.2 Å². The van der Waals surface area contributed by atoms with Gasteiger partial charge in [0, 0.05) is 31.1 Å². The quantitative estimate of drug-likeness (QED) is 0.248. The number of fused-ring (bicyclic) bond motifs is 1. The highest BCUT2D eigenvalue weighted by atomic mass is 35.5. The molecule has 0 unspecified atom stereocenters. The molecule has 0 bridgehead atoms. The minimum Gasteiger partial charge on any atom is -0.493 e. The molecule has 1 aromatic carbocycles. The van der Waals surface area contributed by atoms with Gasteiger partial charge < -0.3 is 15.0 Å². The van der Waals surface area contributed by atoms with E-state index in [4.69, 9.17) is 16.3 Å². The van der Waals surface area contributed by atoms with Crippen molar-refractivity contribution in [2.75, 3.05) is 31.6 Å². The summed E-state index contributed by atoms with van der Waals surface area (Å²) in [6, 6.07) is -0.0704. The Morgan fingerprint density at radius 2 is 1.82 bits per heavy atom. The number of imidazole rings is 1. The van der Waals surface area contributed by atoms with Crippen LogP contribution in [0.15, 0.2) is 24.5 Å². The smallest absolute Gasteiger partial charge is 0.408 e. The molecule has 1 aliphatic rings. The number of alkyl halides is 3. The maximum absolute atomic E-state index is 15.1. The zero-order valence-corrected chi connectivity index (χ0v) is 19.1. The molecule has 0 saturated carbocycles. The molecule has 6 nitrogen and oxygen atoms in total. The molecule has 0 spiro atoms. The molecule has 1 saturated heterocycles. The van der Waals surface area contributed by atoms with Crippen molar-refractivity contribution in [3.8, 4) is 16.9 Å². The first-order valence-electron chi connectivity index (χ1n) is 10.9. The highest BCUT2D eigenvalue weighted by Crippen LogP contribution is 2.40. The summed E-state index contributed by atoms with van der Waals surface area (Å²) in [6.45, 7) is 4.07. The topological polar surface area (TPSA) is 54.7 Å². The number of rotatable bonds is 8. The molecule has 1 fully saturated rings. The van der Waals surface area contributed by atoms with Gasteiger partial charge in [-0.2, -0.15) is 18.2 Å². The van der Waals surface area contributed by atoms with Crippen molar-refractivity contribution in [2.24, 2.45) is 0 Å². The minimum absolute atomic E-state index is 0.0221. The van der Waals surface area contributed by atoms with Crippen LogP contribution in [0.4, 0.5) is 27.8 Å². The maximum atomic E-state index is 15.1. The van der Waals surface area contributed by atoms with Gasteiger partial charge in [-0.25, -0.2) is 13.8 Å². The number of halogens is 6. The van der Waals surface area contributed by atoms with Crippen molar-refractivity contribution in [1.82, 2.24) is 19.3 Å². The van der Waals surface area contributed by atoms with Crippen LogP contribution >= 0.6 is 11.6 Å². The van der Waals surface area contributed by atoms with Crippen molar-refractivity contribution in [3.05, 3.63) is 41.3 Å². The number of hydrogen-bond donors (Lipinski definition) is 1. The molecule has 184 valence electrons. The van der Waals surface area contributed by atoms with Crippen molar-refractivity contribution >= 4 is 23.2 Å². The van der Waals surface area contributed by atoms with Gasteiger partial charge in [0.25, 0.3) is 0 Å². The highest BCUT2D eigenvalue weighted by Gasteiger charge is 2.37. The van der Waals surface area contributed by atoms with Gasteiger partial charge in [-0.05, 0) is 39.3 Å². The number of likely N-dealkylation sites (tertiary alicyclic amines) is 1. The number of aromatic nitrogens is 3. The maximum Gasteiger partial charge on any atom is 0.408 e. The fourth-order valence-corrected chi connectivity index (χ4v) is 4.18. The largest absolute Gasteiger partial charge is 0.493 e. The SMILES string of the molecule is C[C@@H](Nc1c(-c2c(F)cc(OCCCN3CCCC3)cc2F)c(Cl)nc2nccn12)C(F)(F)F. The van der Waals surface area contributed by atoms with Gasteiger partial charge in [0.1, 0.15) is 34.4 Å². The summed E-state index contributed by atoms with van der Waals surface area (Å²) in [5.41, 5.74) is -0.965. The third kappa shape index (κ3) is 5.20. The lowest BCUT2D eigenvalue weighted by Crippen LogP contribution is -2.34. The van der Waals surface area contributed by atoms with E-state index in [1.54, 1.807) is 0 Å². The Bertz CT molecular complexity index is 1140. The van der Waals surface area contributed by atoms with E-state index in [1.807, 2.05) is 0 Å². The van der Waals surface area contributed by atoms with Crippen LogP contribution in [0.3, 0.4) is 0 Å². The van der Waals surface area contributed by atoms with Crippen LogP contribution in [-0.4, -0.2) is 57.7 Å². The van der Waals surface area contributed by atoms with Crippen molar-refractivity contribution in [1.29, 1.82) is 0 Å². The molecule has 0 radical (unpaired) electrons. The average Bonchev–Trinajstić information content (AvgIpc) is 3.43. The summed E-state index contributed by atoms with van der Waals surface area (Å²) in [6.07, 6.45) is 1.02. The summed E-state index contributed by atoms with van der Waals surface area (Å²) in [7, 11) is 0. The molecule has 1 atom stereocenters. The van der Waals surface area contributed by atoms with Gasteiger partial charge in [-0.15, -0.1) is 0 Å². The first-order valence-corrected chi connectivity index (χ1v) is 11.2. The van der Waals surface area contributed by atoms with Crippen LogP contribution in [0.2, 0.25) is 5.15 Å². The summed E-state index contributed by atoms with van der Waals surface area (Å²) in [4.78, 5) is 10.2. The van der Waals surface area contributed by atoms with Crippen LogP contribution in [0.25, 0.3) is 16.9 Å². The summed E-state index contributed by atoms with van der Waals surface area (Å²) in [5, 5.41) is 1.87. The van der Waals surface area contributed by atoms with Gasteiger partial charge in [-0.3, -0.25) is 4.40 Å². The van der Waals surface area contributed by atoms with E-state index in [2.05, 4.69) is 20.2 Å². The van der Waals surface area contributed by atoms with Crippen LogP contribution in [0, 0.1) is 11.6 Å².